The Bertz CT molecular complexity index is 235. The second kappa shape index (κ2) is 3.75. The van der Waals surface area contributed by atoms with Crippen LogP contribution in [0.1, 0.15) is 19.8 Å². The minimum Gasteiger partial charge on any atom is -0.330 e. The number of hydrogen-bond donors (Lipinski definition) is 1. The van der Waals surface area contributed by atoms with Gasteiger partial charge in [0.1, 0.15) is 0 Å². The Morgan fingerprint density at radius 1 is 1.42 bits per heavy atom. The standard InChI is InChI=1S/C8H17NO2S/c1-2-7-3-4-12(10,11)6-8(7)5-9/h7-8H,2-6,9H2,1H3. The van der Waals surface area contributed by atoms with Gasteiger partial charge in [-0.1, -0.05) is 13.3 Å². The fraction of sp³-hybridized carbons (Fsp3) is 1.00. The molecular weight excluding hydrogens is 174 g/mol. The van der Waals surface area contributed by atoms with E-state index >= 15 is 0 Å². The van der Waals surface area contributed by atoms with Crippen LogP contribution in [0.25, 0.3) is 0 Å². The van der Waals surface area contributed by atoms with Gasteiger partial charge in [0.15, 0.2) is 9.84 Å². The third-order valence-electron chi connectivity index (χ3n) is 2.76. The molecule has 1 saturated heterocycles. The molecule has 2 atom stereocenters. The average Bonchev–Trinajstić information content (AvgIpc) is 2.03. The Hall–Kier alpha value is -0.0900. The molecule has 2 unspecified atom stereocenters. The predicted molar refractivity (Wildman–Crippen MR) is 49.6 cm³/mol. The molecule has 0 aromatic carbocycles. The molecule has 1 fully saturated rings. The molecule has 4 heteroatoms. The maximum Gasteiger partial charge on any atom is 0.150 e. The highest BCUT2D eigenvalue weighted by Gasteiger charge is 2.30. The van der Waals surface area contributed by atoms with Crippen molar-refractivity contribution in [1.29, 1.82) is 0 Å². The molecule has 1 heterocycles. The molecule has 0 aromatic heterocycles. The third kappa shape index (κ3) is 2.20. The lowest BCUT2D eigenvalue weighted by molar-refractivity contribution is 0.331. The quantitative estimate of drug-likeness (QED) is 0.687. The van der Waals surface area contributed by atoms with Gasteiger partial charge in [0.05, 0.1) is 11.5 Å². The molecule has 1 rings (SSSR count). The van der Waals surface area contributed by atoms with E-state index in [1.165, 1.54) is 0 Å². The molecule has 0 aliphatic carbocycles. The van der Waals surface area contributed by atoms with Crippen LogP contribution in [0, 0.1) is 11.8 Å². The summed E-state index contributed by atoms with van der Waals surface area (Å²) in [7, 11) is -2.77. The monoisotopic (exact) mass is 191 g/mol. The molecular formula is C8H17NO2S. The number of sulfone groups is 1. The van der Waals surface area contributed by atoms with Crippen LogP contribution in [-0.2, 0) is 9.84 Å². The normalized spacial score (nSPS) is 34.8. The third-order valence-corrected chi connectivity index (χ3v) is 4.56. The molecule has 2 N–H and O–H groups in total. The van der Waals surface area contributed by atoms with Crippen molar-refractivity contribution in [3.05, 3.63) is 0 Å². The smallest absolute Gasteiger partial charge is 0.150 e. The summed E-state index contributed by atoms with van der Waals surface area (Å²) in [5.41, 5.74) is 5.53. The summed E-state index contributed by atoms with van der Waals surface area (Å²) in [6.07, 6.45) is 1.86. The van der Waals surface area contributed by atoms with E-state index in [9.17, 15) is 8.42 Å². The second-order valence-electron chi connectivity index (χ2n) is 3.57. The van der Waals surface area contributed by atoms with Crippen molar-refractivity contribution < 1.29 is 8.42 Å². The molecule has 0 radical (unpaired) electrons. The molecule has 3 nitrogen and oxygen atoms in total. The van der Waals surface area contributed by atoms with Crippen LogP contribution in [0.3, 0.4) is 0 Å². The largest absolute Gasteiger partial charge is 0.330 e. The summed E-state index contributed by atoms with van der Waals surface area (Å²) in [6.45, 7) is 2.61. The van der Waals surface area contributed by atoms with E-state index in [4.69, 9.17) is 5.73 Å². The van der Waals surface area contributed by atoms with Crippen LogP contribution in [0.2, 0.25) is 0 Å². The van der Waals surface area contributed by atoms with E-state index in [0.717, 1.165) is 12.8 Å². The van der Waals surface area contributed by atoms with Gasteiger partial charge in [-0.05, 0) is 24.8 Å². The second-order valence-corrected chi connectivity index (χ2v) is 5.80. The molecule has 0 spiro atoms. The fourth-order valence-electron chi connectivity index (χ4n) is 1.91. The van der Waals surface area contributed by atoms with Crippen molar-refractivity contribution in [2.24, 2.45) is 17.6 Å². The van der Waals surface area contributed by atoms with E-state index in [2.05, 4.69) is 6.92 Å². The van der Waals surface area contributed by atoms with Gasteiger partial charge in [0, 0.05) is 0 Å². The van der Waals surface area contributed by atoms with Crippen LogP contribution < -0.4 is 5.73 Å². The highest BCUT2D eigenvalue weighted by molar-refractivity contribution is 7.91. The number of rotatable bonds is 2. The van der Waals surface area contributed by atoms with Crippen molar-refractivity contribution in [3.63, 3.8) is 0 Å². The minimum atomic E-state index is -2.77. The molecule has 12 heavy (non-hydrogen) atoms. The molecule has 0 saturated carbocycles. The van der Waals surface area contributed by atoms with Crippen molar-refractivity contribution in [2.75, 3.05) is 18.1 Å². The number of hydrogen-bond acceptors (Lipinski definition) is 3. The molecule has 0 bridgehead atoms. The first-order valence-corrected chi connectivity index (χ1v) is 6.31. The first-order valence-electron chi connectivity index (χ1n) is 4.49. The zero-order chi connectivity index (χ0) is 9.19. The van der Waals surface area contributed by atoms with E-state index < -0.39 is 9.84 Å². The summed E-state index contributed by atoms with van der Waals surface area (Å²) in [5.74, 6) is 1.40. The highest BCUT2D eigenvalue weighted by Crippen LogP contribution is 2.26. The Morgan fingerprint density at radius 2 is 2.08 bits per heavy atom. The molecule has 0 amide bonds. The van der Waals surface area contributed by atoms with Crippen molar-refractivity contribution in [3.8, 4) is 0 Å². The molecule has 0 aromatic rings. The van der Waals surface area contributed by atoms with E-state index in [1.807, 2.05) is 0 Å². The lowest BCUT2D eigenvalue weighted by Gasteiger charge is -2.29. The van der Waals surface area contributed by atoms with Crippen LogP contribution >= 0.6 is 0 Å². The fourth-order valence-corrected chi connectivity index (χ4v) is 3.80. The Morgan fingerprint density at radius 3 is 2.58 bits per heavy atom. The van der Waals surface area contributed by atoms with Gasteiger partial charge in [-0.25, -0.2) is 8.42 Å². The van der Waals surface area contributed by atoms with Gasteiger partial charge in [-0.2, -0.15) is 0 Å². The first-order chi connectivity index (χ1) is 5.59. The average molecular weight is 191 g/mol. The van der Waals surface area contributed by atoms with Gasteiger partial charge >= 0.3 is 0 Å². The van der Waals surface area contributed by atoms with Crippen molar-refractivity contribution in [2.45, 2.75) is 19.8 Å². The Kier molecular flexibility index (Phi) is 3.12. The van der Waals surface area contributed by atoms with E-state index in [1.54, 1.807) is 0 Å². The maximum absolute atomic E-state index is 11.2. The van der Waals surface area contributed by atoms with Gasteiger partial charge < -0.3 is 5.73 Å². The molecule has 1 aliphatic rings. The Balaban J connectivity index is 2.66. The summed E-state index contributed by atoms with van der Waals surface area (Å²) in [5, 5.41) is 0. The summed E-state index contributed by atoms with van der Waals surface area (Å²) >= 11 is 0. The number of nitrogens with two attached hydrogens (primary N) is 1. The van der Waals surface area contributed by atoms with Crippen LogP contribution in [-0.4, -0.2) is 26.5 Å². The van der Waals surface area contributed by atoms with Gasteiger partial charge in [0.2, 0.25) is 0 Å². The topological polar surface area (TPSA) is 60.2 Å². The zero-order valence-electron chi connectivity index (χ0n) is 7.49. The van der Waals surface area contributed by atoms with Gasteiger partial charge in [-0.15, -0.1) is 0 Å². The minimum absolute atomic E-state index is 0.203. The van der Waals surface area contributed by atoms with Crippen molar-refractivity contribution in [1.82, 2.24) is 0 Å². The van der Waals surface area contributed by atoms with E-state index in [-0.39, 0.29) is 5.92 Å². The van der Waals surface area contributed by atoms with E-state index in [0.29, 0.717) is 24.0 Å². The Labute approximate surface area is 74.3 Å². The zero-order valence-corrected chi connectivity index (χ0v) is 8.31. The van der Waals surface area contributed by atoms with Crippen LogP contribution in [0.4, 0.5) is 0 Å². The summed E-state index contributed by atoms with van der Waals surface area (Å²) in [6, 6.07) is 0. The predicted octanol–water partition coefficient (Wildman–Crippen LogP) is 0.406. The maximum atomic E-state index is 11.2. The SMILES string of the molecule is CCC1CCS(=O)(=O)CC1CN. The first kappa shape index (κ1) is 9.99. The molecule has 1 aliphatic heterocycles. The summed E-state index contributed by atoms with van der Waals surface area (Å²) in [4.78, 5) is 0. The summed E-state index contributed by atoms with van der Waals surface area (Å²) < 4.78 is 22.5. The van der Waals surface area contributed by atoms with Crippen LogP contribution in [0.5, 0.6) is 0 Å². The van der Waals surface area contributed by atoms with Gasteiger partial charge in [-0.3, -0.25) is 0 Å². The lowest BCUT2D eigenvalue weighted by Crippen LogP contribution is -2.36. The lowest BCUT2D eigenvalue weighted by atomic mass is 9.89. The van der Waals surface area contributed by atoms with Crippen molar-refractivity contribution >= 4 is 9.84 Å². The highest BCUT2D eigenvalue weighted by atomic mass is 32.2. The van der Waals surface area contributed by atoms with Gasteiger partial charge in [0.25, 0.3) is 0 Å². The van der Waals surface area contributed by atoms with Crippen LogP contribution in [0.15, 0.2) is 0 Å². The molecule has 72 valence electrons.